The molecular weight excluding hydrogens is 256 g/mol. The first-order valence-corrected chi connectivity index (χ1v) is 7.45. The molecule has 0 aromatic carbocycles. The lowest BCUT2D eigenvalue weighted by Crippen LogP contribution is -2.53. The monoisotopic (exact) mass is 282 g/mol. The van der Waals surface area contributed by atoms with E-state index < -0.39 is 0 Å². The number of rotatable bonds is 5. The number of hydrogen-bond donors (Lipinski definition) is 2. The average molecular weight is 282 g/mol. The highest BCUT2D eigenvalue weighted by Gasteiger charge is 2.36. The van der Waals surface area contributed by atoms with Crippen molar-refractivity contribution in [2.45, 2.75) is 39.2 Å². The fourth-order valence-electron chi connectivity index (χ4n) is 2.95. The Bertz CT molecular complexity index is 383. The highest BCUT2D eigenvalue weighted by Crippen LogP contribution is 2.26. The summed E-state index contributed by atoms with van der Waals surface area (Å²) in [6.07, 6.45) is 2.38. The topological polar surface area (TPSA) is 78.7 Å². The number of urea groups is 1. The first kappa shape index (κ1) is 15.1. The molecule has 0 aliphatic carbocycles. The first-order valence-electron chi connectivity index (χ1n) is 7.45. The van der Waals surface area contributed by atoms with Crippen molar-refractivity contribution in [1.29, 1.82) is 0 Å². The standard InChI is InChI=1S/C14H26N4O2/c1-14(2,5-6-15)4-3-12(19)17-7-8-18-11(10-17)9-16-13(18)20/h11H,3-10,15H2,1-2H3,(H,16,20). The molecule has 1 unspecified atom stereocenters. The van der Waals surface area contributed by atoms with Crippen molar-refractivity contribution in [2.24, 2.45) is 11.1 Å². The molecule has 3 amide bonds. The molecule has 2 heterocycles. The molecule has 1 atom stereocenters. The smallest absolute Gasteiger partial charge is 0.317 e. The number of carbonyl (C=O) groups excluding carboxylic acids is 2. The summed E-state index contributed by atoms with van der Waals surface area (Å²) in [5, 5.41) is 2.83. The SMILES string of the molecule is CC(C)(CCN)CCC(=O)N1CCN2C(=O)NCC2C1. The van der Waals surface area contributed by atoms with Crippen LogP contribution in [0.2, 0.25) is 0 Å². The zero-order chi connectivity index (χ0) is 14.8. The van der Waals surface area contributed by atoms with E-state index in [2.05, 4.69) is 19.2 Å². The minimum Gasteiger partial charge on any atom is -0.339 e. The molecule has 0 aromatic rings. The van der Waals surface area contributed by atoms with Gasteiger partial charge in [-0.1, -0.05) is 13.8 Å². The van der Waals surface area contributed by atoms with Gasteiger partial charge in [0, 0.05) is 32.6 Å². The number of nitrogens with two attached hydrogens (primary N) is 1. The number of nitrogens with one attached hydrogen (secondary N) is 1. The summed E-state index contributed by atoms with van der Waals surface area (Å²) in [7, 11) is 0. The van der Waals surface area contributed by atoms with E-state index in [4.69, 9.17) is 5.73 Å². The molecule has 0 spiro atoms. The summed E-state index contributed by atoms with van der Waals surface area (Å²) in [6.45, 7) is 7.59. The van der Waals surface area contributed by atoms with E-state index in [1.807, 2.05) is 9.80 Å². The summed E-state index contributed by atoms with van der Waals surface area (Å²) in [5.74, 6) is 0.203. The average Bonchev–Trinajstić information content (AvgIpc) is 2.77. The molecule has 2 fully saturated rings. The number of piperazine rings is 1. The summed E-state index contributed by atoms with van der Waals surface area (Å²) in [6, 6.07) is 0.156. The van der Waals surface area contributed by atoms with Crippen LogP contribution in [0.3, 0.4) is 0 Å². The lowest BCUT2D eigenvalue weighted by atomic mass is 9.84. The second-order valence-electron chi connectivity index (χ2n) is 6.58. The second-order valence-corrected chi connectivity index (χ2v) is 6.58. The highest BCUT2D eigenvalue weighted by atomic mass is 16.2. The Balaban J connectivity index is 1.81. The van der Waals surface area contributed by atoms with E-state index >= 15 is 0 Å². The number of fused-ring (bicyclic) bond motifs is 1. The zero-order valence-electron chi connectivity index (χ0n) is 12.5. The van der Waals surface area contributed by atoms with Crippen LogP contribution in [0.1, 0.15) is 33.1 Å². The number of amides is 3. The van der Waals surface area contributed by atoms with Gasteiger partial charge in [-0.05, 0) is 24.8 Å². The molecule has 6 heteroatoms. The Labute approximate surface area is 120 Å². The van der Waals surface area contributed by atoms with Gasteiger partial charge in [0.25, 0.3) is 0 Å². The Morgan fingerprint density at radius 3 is 2.85 bits per heavy atom. The Hall–Kier alpha value is -1.30. The van der Waals surface area contributed by atoms with Gasteiger partial charge < -0.3 is 20.9 Å². The predicted octanol–water partition coefficient (Wildman–Crippen LogP) is 0.378. The highest BCUT2D eigenvalue weighted by molar-refractivity contribution is 5.79. The van der Waals surface area contributed by atoms with Crippen LogP contribution in [0.15, 0.2) is 0 Å². The number of carbonyl (C=O) groups is 2. The van der Waals surface area contributed by atoms with Crippen molar-refractivity contribution < 1.29 is 9.59 Å². The van der Waals surface area contributed by atoms with Crippen molar-refractivity contribution in [1.82, 2.24) is 15.1 Å². The Morgan fingerprint density at radius 2 is 2.15 bits per heavy atom. The zero-order valence-corrected chi connectivity index (χ0v) is 12.5. The molecule has 0 bridgehead atoms. The van der Waals surface area contributed by atoms with Gasteiger partial charge in [0.2, 0.25) is 5.91 Å². The van der Waals surface area contributed by atoms with Crippen LogP contribution >= 0.6 is 0 Å². The molecule has 20 heavy (non-hydrogen) atoms. The molecule has 6 nitrogen and oxygen atoms in total. The molecular formula is C14H26N4O2. The van der Waals surface area contributed by atoms with Crippen molar-refractivity contribution in [3.8, 4) is 0 Å². The van der Waals surface area contributed by atoms with E-state index in [0.29, 0.717) is 39.1 Å². The summed E-state index contributed by atoms with van der Waals surface area (Å²) < 4.78 is 0. The van der Waals surface area contributed by atoms with Crippen molar-refractivity contribution in [2.75, 3.05) is 32.7 Å². The molecule has 2 rings (SSSR count). The first-order chi connectivity index (χ1) is 9.43. The van der Waals surface area contributed by atoms with Crippen LogP contribution in [-0.2, 0) is 4.79 Å². The van der Waals surface area contributed by atoms with Gasteiger partial charge in [0.15, 0.2) is 0 Å². The molecule has 2 saturated heterocycles. The molecule has 0 radical (unpaired) electrons. The lowest BCUT2D eigenvalue weighted by Gasteiger charge is -2.37. The summed E-state index contributed by atoms with van der Waals surface area (Å²) in [4.78, 5) is 27.5. The lowest BCUT2D eigenvalue weighted by molar-refractivity contribution is -0.133. The van der Waals surface area contributed by atoms with E-state index in [-0.39, 0.29) is 23.4 Å². The van der Waals surface area contributed by atoms with Crippen molar-refractivity contribution >= 4 is 11.9 Å². The molecule has 0 saturated carbocycles. The predicted molar refractivity (Wildman–Crippen MR) is 77.2 cm³/mol. The van der Waals surface area contributed by atoms with Crippen molar-refractivity contribution in [3.63, 3.8) is 0 Å². The minimum absolute atomic E-state index is 0.00572. The molecule has 2 aliphatic heterocycles. The molecule has 114 valence electrons. The van der Waals surface area contributed by atoms with E-state index in [0.717, 1.165) is 12.8 Å². The third-order valence-electron chi connectivity index (χ3n) is 4.42. The van der Waals surface area contributed by atoms with Crippen LogP contribution in [0.4, 0.5) is 4.79 Å². The van der Waals surface area contributed by atoms with Crippen LogP contribution in [0, 0.1) is 5.41 Å². The number of hydrogen-bond acceptors (Lipinski definition) is 3. The fraction of sp³-hybridized carbons (Fsp3) is 0.857. The van der Waals surface area contributed by atoms with Gasteiger partial charge in [-0.3, -0.25) is 4.79 Å². The maximum atomic E-state index is 12.3. The summed E-state index contributed by atoms with van der Waals surface area (Å²) in [5.41, 5.74) is 5.72. The van der Waals surface area contributed by atoms with Gasteiger partial charge in [0.05, 0.1) is 6.04 Å². The molecule has 0 aromatic heterocycles. The van der Waals surface area contributed by atoms with Gasteiger partial charge in [-0.15, -0.1) is 0 Å². The molecule has 3 N–H and O–H groups in total. The minimum atomic E-state index is 0.00572. The maximum absolute atomic E-state index is 12.3. The Morgan fingerprint density at radius 1 is 1.40 bits per heavy atom. The normalized spacial score (nSPS) is 22.8. The van der Waals surface area contributed by atoms with Crippen LogP contribution in [0.5, 0.6) is 0 Å². The quantitative estimate of drug-likeness (QED) is 0.765. The van der Waals surface area contributed by atoms with Gasteiger partial charge in [-0.25, -0.2) is 4.79 Å². The largest absolute Gasteiger partial charge is 0.339 e. The van der Waals surface area contributed by atoms with Crippen LogP contribution in [0.25, 0.3) is 0 Å². The van der Waals surface area contributed by atoms with Gasteiger partial charge in [-0.2, -0.15) is 0 Å². The second kappa shape index (κ2) is 5.99. The van der Waals surface area contributed by atoms with Gasteiger partial charge in [0.1, 0.15) is 0 Å². The third-order valence-corrected chi connectivity index (χ3v) is 4.42. The Kier molecular flexibility index (Phi) is 4.52. The van der Waals surface area contributed by atoms with Crippen LogP contribution in [-0.4, -0.2) is 60.5 Å². The number of nitrogens with zero attached hydrogens (tertiary/aromatic N) is 2. The fourth-order valence-corrected chi connectivity index (χ4v) is 2.95. The van der Waals surface area contributed by atoms with Crippen LogP contribution < -0.4 is 11.1 Å². The van der Waals surface area contributed by atoms with Gasteiger partial charge >= 0.3 is 6.03 Å². The summed E-state index contributed by atoms with van der Waals surface area (Å²) >= 11 is 0. The van der Waals surface area contributed by atoms with E-state index in [1.165, 1.54) is 0 Å². The third kappa shape index (κ3) is 3.42. The van der Waals surface area contributed by atoms with E-state index in [9.17, 15) is 9.59 Å². The maximum Gasteiger partial charge on any atom is 0.317 e. The molecule has 2 aliphatic rings. The van der Waals surface area contributed by atoms with E-state index in [1.54, 1.807) is 0 Å². The van der Waals surface area contributed by atoms with Crippen molar-refractivity contribution in [3.05, 3.63) is 0 Å².